The summed E-state index contributed by atoms with van der Waals surface area (Å²) < 4.78 is 4.80. The van der Waals surface area contributed by atoms with Gasteiger partial charge in [0.25, 0.3) is 0 Å². The number of hydrogen-bond acceptors (Lipinski definition) is 6. The molecule has 0 spiro atoms. The number of ether oxygens (including phenoxy) is 1. The molecule has 0 radical (unpaired) electrons. The first-order valence-electron chi connectivity index (χ1n) is 9.01. The Morgan fingerprint density at radius 3 is 2.11 bits per heavy atom. The highest BCUT2D eigenvalue weighted by molar-refractivity contribution is 6.43. The molecule has 148 valence electrons. The van der Waals surface area contributed by atoms with Crippen LogP contribution in [0.15, 0.2) is 34.6 Å². The van der Waals surface area contributed by atoms with E-state index in [-0.39, 0.29) is 28.6 Å². The normalized spacial score (nSPS) is 20.0. The summed E-state index contributed by atoms with van der Waals surface area (Å²) in [7, 11) is 2.69. The molecule has 2 rings (SSSR count). The lowest BCUT2D eigenvalue weighted by Crippen LogP contribution is -2.20. The number of hydrogen-bond donors (Lipinski definition) is 0. The van der Waals surface area contributed by atoms with E-state index >= 15 is 0 Å². The van der Waals surface area contributed by atoms with Crippen molar-refractivity contribution in [2.75, 3.05) is 14.2 Å². The fraction of sp³-hybridized carbons (Fsp3) is 0.571. The Labute approximate surface area is 161 Å². The lowest BCUT2D eigenvalue weighted by atomic mass is 9.92. The van der Waals surface area contributed by atoms with Gasteiger partial charge in [-0.3, -0.25) is 0 Å². The maximum absolute atomic E-state index is 12.0. The summed E-state index contributed by atoms with van der Waals surface area (Å²) in [5.74, 6) is -0.571. The van der Waals surface area contributed by atoms with Crippen molar-refractivity contribution in [1.29, 1.82) is 0 Å². The molecule has 0 unspecified atom stereocenters. The molecule has 1 aliphatic rings. The summed E-state index contributed by atoms with van der Waals surface area (Å²) in [6.45, 7) is 13.5. The van der Waals surface area contributed by atoms with E-state index in [1.165, 1.54) is 14.2 Å². The molecule has 1 aliphatic carbocycles. The molecule has 1 aromatic carbocycles. The van der Waals surface area contributed by atoms with Gasteiger partial charge in [0, 0.05) is 16.5 Å². The second-order valence-corrected chi connectivity index (χ2v) is 8.10. The van der Waals surface area contributed by atoms with Gasteiger partial charge >= 0.3 is 5.97 Å². The standard InChI is InChI=1S/C21H30N2O4/c1-14(21(6)19(2,3)20(21,4)5)22-27-13-15-11-9-10-12-16(15)17(23-26-8)18(24)25-7/h9-12H,13H2,1-8H3/b22-14+,23-17+. The van der Waals surface area contributed by atoms with Crippen LogP contribution in [0.1, 0.15) is 52.7 Å². The van der Waals surface area contributed by atoms with E-state index in [9.17, 15) is 4.79 Å². The molecule has 0 bridgehead atoms. The average Bonchev–Trinajstić information content (AvgIpc) is 2.96. The fourth-order valence-corrected chi connectivity index (χ4v) is 4.05. The SMILES string of the molecule is CO/N=C(/C(=O)OC)c1ccccc1CO/N=C(\C)C1(C)C(C)(C)C1(C)C. The van der Waals surface area contributed by atoms with Crippen LogP contribution < -0.4 is 0 Å². The Hall–Kier alpha value is -2.37. The van der Waals surface area contributed by atoms with E-state index in [0.29, 0.717) is 5.56 Å². The van der Waals surface area contributed by atoms with Gasteiger partial charge in [-0.25, -0.2) is 4.79 Å². The van der Waals surface area contributed by atoms with E-state index < -0.39 is 5.97 Å². The van der Waals surface area contributed by atoms with Gasteiger partial charge in [0.15, 0.2) is 5.71 Å². The van der Waals surface area contributed by atoms with E-state index in [4.69, 9.17) is 14.4 Å². The van der Waals surface area contributed by atoms with E-state index in [0.717, 1.165) is 11.3 Å². The first kappa shape index (κ1) is 20.9. The molecule has 0 amide bonds. The maximum Gasteiger partial charge on any atom is 0.360 e. The van der Waals surface area contributed by atoms with Crippen molar-refractivity contribution >= 4 is 17.4 Å². The van der Waals surface area contributed by atoms with Gasteiger partial charge in [-0.15, -0.1) is 0 Å². The van der Waals surface area contributed by atoms with Crippen LogP contribution in [0, 0.1) is 16.2 Å². The predicted molar refractivity (Wildman–Crippen MR) is 106 cm³/mol. The van der Waals surface area contributed by atoms with Crippen molar-refractivity contribution in [3.05, 3.63) is 35.4 Å². The van der Waals surface area contributed by atoms with Gasteiger partial charge in [-0.05, 0) is 17.8 Å². The summed E-state index contributed by atoms with van der Waals surface area (Å²) in [6.07, 6.45) is 0. The van der Waals surface area contributed by atoms with Crippen molar-refractivity contribution in [3.8, 4) is 0 Å². The van der Waals surface area contributed by atoms with Gasteiger partial charge in [-0.1, -0.05) is 69.2 Å². The van der Waals surface area contributed by atoms with Crippen LogP contribution in [0.2, 0.25) is 0 Å². The number of carbonyl (C=O) groups is 1. The van der Waals surface area contributed by atoms with Crippen molar-refractivity contribution in [1.82, 2.24) is 0 Å². The van der Waals surface area contributed by atoms with E-state index in [1.807, 2.05) is 25.1 Å². The molecule has 1 aromatic rings. The van der Waals surface area contributed by atoms with Crippen LogP contribution in [0.5, 0.6) is 0 Å². The number of rotatable bonds is 7. The lowest BCUT2D eigenvalue weighted by molar-refractivity contribution is -0.132. The molecule has 0 N–H and O–H groups in total. The molecule has 27 heavy (non-hydrogen) atoms. The zero-order chi connectivity index (χ0) is 20.5. The molecular weight excluding hydrogens is 344 g/mol. The van der Waals surface area contributed by atoms with Gasteiger partial charge in [0.1, 0.15) is 13.7 Å². The Bertz CT molecular complexity index is 764. The fourth-order valence-electron chi connectivity index (χ4n) is 4.05. The third-order valence-corrected chi connectivity index (χ3v) is 6.98. The number of nitrogens with zero attached hydrogens (tertiary/aromatic N) is 2. The van der Waals surface area contributed by atoms with E-state index in [2.05, 4.69) is 44.9 Å². The number of oxime groups is 2. The van der Waals surface area contributed by atoms with Gasteiger partial charge in [-0.2, -0.15) is 0 Å². The van der Waals surface area contributed by atoms with Crippen molar-refractivity contribution in [3.63, 3.8) is 0 Å². The Balaban J connectivity index is 2.21. The smallest absolute Gasteiger partial charge is 0.360 e. The Morgan fingerprint density at radius 1 is 1.00 bits per heavy atom. The second-order valence-electron chi connectivity index (χ2n) is 8.10. The monoisotopic (exact) mass is 374 g/mol. The summed E-state index contributed by atoms with van der Waals surface area (Å²) in [6, 6.07) is 7.33. The molecule has 6 nitrogen and oxygen atoms in total. The van der Waals surface area contributed by atoms with E-state index in [1.54, 1.807) is 6.07 Å². The van der Waals surface area contributed by atoms with Gasteiger partial charge in [0.05, 0.1) is 12.8 Å². The average molecular weight is 374 g/mol. The summed E-state index contributed by atoms with van der Waals surface area (Å²) in [5, 5.41) is 8.19. The summed E-state index contributed by atoms with van der Waals surface area (Å²) >= 11 is 0. The molecule has 0 aromatic heterocycles. The second kappa shape index (κ2) is 7.33. The Kier molecular flexibility index (Phi) is 5.68. The highest BCUT2D eigenvalue weighted by Gasteiger charge is 2.75. The van der Waals surface area contributed by atoms with Crippen LogP contribution >= 0.6 is 0 Å². The minimum absolute atomic E-state index is 0.0196. The predicted octanol–water partition coefficient (Wildman–Crippen LogP) is 4.17. The first-order chi connectivity index (χ1) is 12.6. The third-order valence-electron chi connectivity index (χ3n) is 6.98. The number of carbonyl (C=O) groups excluding carboxylic acids is 1. The minimum Gasteiger partial charge on any atom is -0.464 e. The zero-order valence-corrected chi connectivity index (χ0v) is 17.5. The first-order valence-corrected chi connectivity index (χ1v) is 9.01. The number of methoxy groups -OCH3 is 1. The van der Waals surface area contributed by atoms with Crippen molar-refractivity contribution in [2.24, 2.45) is 26.6 Å². The van der Waals surface area contributed by atoms with Gasteiger partial charge < -0.3 is 14.4 Å². The topological polar surface area (TPSA) is 69.5 Å². The maximum atomic E-state index is 12.0. The lowest BCUT2D eigenvalue weighted by Gasteiger charge is -2.15. The molecule has 0 atom stereocenters. The molecule has 0 saturated heterocycles. The van der Waals surface area contributed by atoms with Crippen molar-refractivity contribution < 1.29 is 19.2 Å². The molecule has 1 saturated carbocycles. The number of benzene rings is 1. The number of esters is 1. The van der Waals surface area contributed by atoms with Crippen LogP contribution in [-0.4, -0.2) is 31.6 Å². The Morgan fingerprint density at radius 2 is 1.59 bits per heavy atom. The summed E-state index contributed by atoms with van der Waals surface area (Å²) in [4.78, 5) is 22.5. The quantitative estimate of drug-likeness (QED) is 0.408. The highest BCUT2D eigenvalue weighted by atomic mass is 16.6. The van der Waals surface area contributed by atoms with Crippen LogP contribution in [0.4, 0.5) is 0 Å². The molecule has 0 aliphatic heterocycles. The van der Waals surface area contributed by atoms with Crippen LogP contribution in [0.3, 0.4) is 0 Å². The molecule has 1 fully saturated rings. The van der Waals surface area contributed by atoms with Crippen LogP contribution in [-0.2, 0) is 25.8 Å². The molecule has 0 heterocycles. The summed E-state index contributed by atoms with van der Waals surface area (Å²) in [5.41, 5.74) is 2.71. The minimum atomic E-state index is -0.571. The zero-order valence-electron chi connectivity index (χ0n) is 17.5. The molecular formula is C21H30N2O4. The van der Waals surface area contributed by atoms with Crippen molar-refractivity contribution in [2.45, 2.75) is 48.1 Å². The van der Waals surface area contributed by atoms with Gasteiger partial charge in [0.2, 0.25) is 0 Å². The highest BCUT2D eigenvalue weighted by Crippen LogP contribution is 2.78. The van der Waals surface area contributed by atoms with Crippen LogP contribution in [0.25, 0.3) is 0 Å². The molecule has 6 heteroatoms. The largest absolute Gasteiger partial charge is 0.464 e. The third kappa shape index (κ3) is 3.22.